The predicted octanol–water partition coefficient (Wildman–Crippen LogP) is 6.90. The van der Waals surface area contributed by atoms with Crippen molar-refractivity contribution in [3.8, 4) is 0 Å². The average molecular weight is 421 g/mol. The Morgan fingerprint density at radius 1 is 0.786 bits per heavy atom. The molecule has 0 aliphatic heterocycles. The maximum absolute atomic E-state index is 12.0. The summed E-state index contributed by atoms with van der Waals surface area (Å²) in [5.41, 5.74) is 0. The van der Waals surface area contributed by atoms with Crippen LogP contribution in [0.4, 0.5) is 0 Å². The molecule has 1 aliphatic rings. The van der Waals surface area contributed by atoms with Crippen LogP contribution in [0.5, 0.6) is 0 Å². The Morgan fingerprint density at radius 3 is 1.75 bits per heavy atom. The molecule has 1 saturated carbocycles. The van der Waals surface area contributed by atoms with Gasteiger partial charge in [0.1, 0.15) is 0 Å². The number of aliphatic hydroxyl groups excluding tert-OH is 1. The lowest BCUT2D eigenvalue weighted by Gasteiger charge is -2.28. The van der Waals surface area contributed by atoms with E-state index in [-0.39, 0.29) is 6.61 Å². The minimum absolute atomic E-state index is 0.245. The molecule has 0 spiro atoms. The molecule has 0 heterocycles. The van der Waals surface area contributed by atoms with E-state index in [2.05, 4.69) is 6.92 Å². The van der Waals surface area contributed by atoms with Crippen molar-refractivity contribution in [1.29, 1.82) is 0 Å². The molecular formula is C22H45O5P. The Kier molecular flexibility index (Phi) is 15.7. The number of hydrogen-bond donors (Lipinski definition) is 2. The SMILES string of the molecule is CCCCCCCCCCCCCCCCOP(=O)(O)O[C@@H]1CCCC[C@@H]1O. The molecule has 0 aromatic heterocycles. The first-order chi connectivity index (χ1) is 13.5. The summed E-state index contributed by atoms with van der Waals surface area (Å²) in [4.78, 5) is 9.79. The third kappa shape index (κ3) is 14.1. The highest BCUT2D eigenvalue weighted by Crippen LogP contribution is 2.46. The van der Waals surface area contributed by atoms with Crippen molar-refractivity contribution in [1.82, 2.24) is 0 Å². The lowest BCUT2D eigenvalue weighted by molar-refractivity contribution is -0.0144. The van der Waals surface area contributed by atoms with Gasteiger partial charge in [-0.2, -0.15) is 0 Å². The zero-order valence-corrected chi connectivity index (χ0v) is 19.1. The average Bonchev–Trinajstić information content (AvgIpc) is 2.66. The largest absolute Gasteiger partial charge is 0.472 e. The maximum Gasteiger partial charge on any atom is 0.472 e. The number of hydrogen-bond acceptors (Lipinski definition) is 4. The van der Waals surface area contributed by atoms with Crippen molar-refractivity contribution in [2.45, 2.75) is 135 Å². The van der Waals surface area contributed by atoms with Crippen molar-refractivity contribution in [2.24, 2.45) is 0 Å². The van der Waals surface area contributed by atoms with Crippen LogP contribution in [-0.2, 0) is 13.6 Å². The topological polar surface area (TPSA) is 76.0 Å². The zero-order valence-electron chi connectivity index (χ0n) is 18.2. The standard InChI is InChI=1S/C22H45O5P/c1-2-3-4-5-6-7-8-9-10-11-12-13-14-17-20-26-28(24,25)27-22-19-16-15-18-21(22)23/h21-23H,2-20H2,1H3,(H,24,25)/t21-,22+/m0/s1. The number of phosphoric ester groups is 1. The summed E-state index contributed by atoms with van der Waals surface area (Å²) in [7, 11) is -4.04. The van der Waals surface area contributed by atoms with Crippen molar-refractivity contribution in [3.63, 3.8) is 0 Å². The third-order valence-electron chi connectivity index (χ3n) is 5.69. The van der Waals surface area contributed by atoms with E-state index in [1.165, 1.54) is 70.6 Å². The van der Waals surface area contributed by atoms with Gasteiger partial charge in [-0.1, -0.05) is 103 Å². The molecule has 1 fully saturated rings. The number of unbranched alkanes of at least 4 members (excludes halogenated alkanes) is 13. The van der Waals surface area contributed by atoms with E-state index in [0.29, 0.717) is 12.8 Å². The molecule has 1 unspecified atom stereocenters. The first kappa shape index (κ1) is 26.1. The van der Waals surface area contributed by atoms with E-state index in [1.807, 2.05) is 0 Å². The second-order valence-corrected chi connectivity index (χ2v) is 9.80. The van der Waals surface area contributed by atoms with Gasteiger partial charge in [-0.05, 0) is 19.3 Å². The molecule has 0 bridgehead atoms. The van der Waals surface area contributed by atoms with Gasteiger partial charge in [-0.25, -0.2) is 4.57 Å². The fourth-order valence-electron chi connectivity index (χ4n) is 3.88. The van der Waals surface area contributed by atoms with Gasteiger partial charge in [-0.3, -0.25) is 9.05 Å². The second kappa shape index (κ2) is 16.8. The molecule has 1 rings (SSSR count). The first-order valence-corrected chi connectivity index (χ1v) is 13.4. The molecular weight excluding hydrogens is 375 g/mol. The van der Waals surface area contributed by atoms with Crippen LogP contribution in [0.25, 0.3) is 0 Å². The van der Waals surface area contributed by atoms with Crippen molar-refractivity contribution < 1.29 is 23.6 Å². The highest BCUT2D eigenvalue weighted by Gasteiger charge is 2.32. The van der Waals surface area contributed by atoms with Gasteiger partial charge in [-0.15, -0.1) is 0 Å². The summed E-state index contributed by atoms with van der Waals surface area (Å²) >= 11 is 0. The van der Waals surface area contributed by atoms with E-state index in [4.69, 9.17) is 9.05 Å². The molecule has 0 radical (unpaired) electrons. The molecule has 0 aromatic carbocycles. The van der Waals surface area contributed by atoms with Crippen LogP contribution in [-0.4, -0.2) is 28.8 Å². The monoisotopic (exact) mass is 420 g/mol. The summed E-state index contributed by atoms with van der Waals surface area (Å²) < 4.78 is 22.2. The van der Waals surface area contributed by atoms with Crippen LogP contribution < -0.4 is 0 Å². The summed E-state index contributed by atoms with van der Waals surface area (Å²) in [6.07, 6.45) is 19.7. The van der Waals surface area contributed by atoms with Gasteiger partial charge in [0.05, 0.1) is 18.8 Å². The van der Waals surface area contributed by atoms with Gasteiger partial charge >= 0.3 is 7.82 Å². The van der Waals surface area contributed by atoms with Crippen LogP contribution in [0.1, 0.15) is 122 Å². The Morgan fingerprint density at radius 2 is 1.25 bits per heavy atom. The van der Waals surface area contributed by atoms with Gasteiger partial charge in [0.2, 0.25) is 0 Å². The smallest absolute Gasteiger partial charge is 0.390 e. The number of phosphoric acid groups is 1. The van der Waals surface area contributed by atoms with Crippen LogP contribution in [0.3, 0.4) is 0 Å². The molecule has 6 heteroatoms. The van der Waals surface area contributed by atoms with Crippen LogP contribution in [0.2, 0.25) is 0 Å². The highest BCUT2D eigenvalue weighted by molar-refractivity contribution is 7.47. The minimum atomic E-state index is -4.04. The van der Waals surface area contributed by atoms with Crippen LogP contribution >= 0.6 is 7.82 Å². The summed E-state index contributed by atoms with van der Waals surface area (Å²) in [5, 5.41) is 9.82. The number of rotatable bonds is 18. The van der Waals surface area contributed by atoms with Crippen molar-refractivity contribution in [2.75, 3.05) is 6.61 Å². The van der Waals surface area contributed by atoms with Crippen LogP contribution in [0.15, 0.2) is 0 Å². The van der Waals surface area contributed by atoms with E-state index in [1.54, 1.807) is 0 Å². The molecule has 168 valence electrons. The van der Waals surface area contributed by atoms with E-state index < -0.39 is 20.0 Å². The highest BCUT2D eigenvalue weighted by atomic mass is 31.2. The molecule has 0 amide bonds. The lowest BCUT2D eigenvalue weighted by atomic mass is 9.95. The molecule has 1 aliphatic carbocycles. The Hall–Kier alpha value is 0.0700. The van der Waals surface area contributed by atoms with Crippen molar-refractivity contribution >= 4 is 7.82 Å². The summed E-state index contributed by atoms with van der Waals surface area (Å²) in [5.74, 6) is 0. The normalized spacial score (nSPS) is 22.2. The maximum atomic E-state index is 12.0. The Bertz CT molecular complexity index is 404. The Balaban J connectivity index is 1.86. The molecule has 5 nitrogen and oxygen atoms in total. The molecule has 2 N–H and O–H groups in total. The quantitative estimate of drug-likeness (QED) is 0.186. The van der Waals surface area contributed by atoms with Crippen LogP contribution in [0, 0.1) is 0 Å². The fraction of sp³-hybridized carbons (Fsp3) is 1.00. The zero-order chi connectivity index (χ0) is 20.5. The first-order valence-electron chi connectivity index (χ1n) is 11.9. The lowest BCUT2D eigenvalue weighted by Crippen LogP contribution is -2.31. The van der Waals surface area contributed by atoms with Gasteiger partial charge in [0, 0.05) is 0 Å². The predicted molar refractivity (Wildman–Crippen MR) is 115 cm³/mol. The van der Waals surface area contributed by atoms with E-state index in [9.17, 15) is 14.6 Å². The second-order valence-electron chi connectivity index (χ2n) is 8.39. The van der Waals surface area contributed by atoms with Crippen molar-refractivity contribution in [3.05, 3.63) is 0 Å². The fourth-order valence-corrected chi connectivity index (χ4v) is 4.89. The number of aliphatic hydroxyl groups is 1. The molecule has 0 saturated heterocycles. The van der Waals surface area contributed by atoms with Gasteiger partial charge < -0.3 is 10.00 Å². The molecule has 28 heavy (non-hydrogen) atoms. The third-order valence-corrected chi connectivity index (χ3v) is 6.73. The van der Waals surface area contributed by atoms with E-state index in [0.717, 1.165) is 32.1 Å². The van der Waals surface area contributed by atoms with Gasteiger partial charge in [0.15, 0.2) is 0 Å². The van der Waals surface area contributed by atoms with E-state index >= 15 is 0 Å². The Labute approximate surface area is 173 Å². The summed E-state index contributed by atoms with van der Waals surface area (Å²) in [6.45, 7) is 2.51. The minimum Gasteiger partial charge on any atom is -0.390 e. The summed E-state index contributed by atoms with van der Waals surface area (Å²) in [6, 6.07) is 0. The molecule has 3 atom stereocenters. The van der Waals surface area contributed by atoms with Gasteiger partial charge in [0.25, 0.3) is 0 Å². The molecule has 0 aromatic rings.